The summed E-state index contributed by atoms with van der Waals surface area (Å²) in [6.07, 6.45) is 1.84. The van der Waals surface area contributed by atoms with Crippen molar-refractivity contribution in [1.82, 2.24) is 14.9 Å². The molecular weight excluding hydrogens is 311 g/mol. The Morgan fingerprint density at radius 3 is 2.56 bits per heavy atom. The van der Waals surface area contributed by atoms with Gasteiger partial charge < -0.3 is 19.8 Å². The zero-order valence-electron chi connectivity index (χ0n) is 14.4. The number of imidazole rings is 1. The Morgan fingerprint density at radius 2 is 1.92 bits per heavy atom. The smallest absolute Gasteiger partial charge is 0.154 e. The number of benzene rings is 1. The van der Waals surface area contributed by atoms with Crippen molar-refractivity contribution in [2.45, 2.75) is 6.54 Å². The fraction of sp³-hybridized carbons (Fsp3) is 0.333. The predicted octanol–water partition coefficient (Wildman–Crippen LogP) is -0.850. The monoisotopic (exact) mass is 334 g/mol. The van der Waals surface area contributed by atoms with E-state index in [0.29, 0.717) is 6.54 Å². The molecule has 1 fully saturated rings. The lowest BCUT2D eigenvalue weighted by Crippen LogP contribution is -2.43. The predicted molar refractivity (Wildman–Crippen MR) is 104 cm³/mol. The Bertz CT molecular complexity index is 887. The maximum Gasteiger partial charge on any atom is 0.154 e. The van der Waals surface area contributed by atoms with Crippen molar-refractivity contribution in [3.8, 4) is 0 Å². The highest BCUT2D eigenvalue weighted by molar-refractivity contribution is 6.08. The molecule has 2 radical (unpaired) electrons. The van der Waals surface area contributed by atoms with Crippen LogP contribution in [0.2, 0.25) is 0 Å². The molecule has 6 nitrogen and oxygen atoms in total. The van der Waals surface area contributed by atoms with Gasteiger partial charge >= 0.3 is 0 Å². The molecule has 0 unspecified atom stereocenters. The average Bonchev–Trinajstić information content (AvgIpc) is 2.92. The maximum atomic E-state index is 5.61. The van der Waals surface area contributed by atoms with E-state index in [-0.39, 0.29) is 6.44 Å². The quantitative estimate of drug-likeness (QED) is 0.553. The van der Waals surface area contributed by atoms with Gasteiger partial charge in [-0.05, 0) is 24.4 Å². The van der Waals surface area contributed by atoms with Gasteiger partial charge in [-0.25, -0.2) is 0 Å². The van der Waals surface area contributed by atoms with E-state index in [1.54, 1.807) is 6.20 Å². The molecule has 1 saturated heterocycles. The first-order valence-electron chi connectivity index (χ1n) is 8.42. The SMILES string of the molecule is [B]C/N=c1\c(=C/N=C)[nH]c(=C)n1Cc1ccc(N2CCNCC2)cc1. The third-order valence-electron chi connectivity index (χ3n) is 4.32. The second kappa shape index (κ2) is 8.03. The lowest BCUT2D eigenvalue weighted by Gasteiger charge is -2.29. The number of nitrogens with zero attached hydrogens (tertiary/aromatic N) is 4. The van der Waals surface area contributed by atoms with Crippen molar-refractivity contribution in [3.05, 3.63) is 46.1 Å². The molecule has 1 aliphatic rings. The summed E-state index contributed by atoms with van der Waals surface area (Å²) in [6, 6.07) is 8.65. The average molecular weight is 334 g/mol. The minimum atomic E-state index is 0.206. The molecule has 128 valence electrons. The highest BCUT2D eigenvalue weighted by atomic mass is 15.2. The number of aromatic amines is 1. The standard InChI is InChI=1S/C18H23BN6/c1-14-23-17(11-20-2)18(22-13-19)25(14)12-15-3-5-16(6-4-15)24-9-7-21-8-10-24/h3-6,11,21,23H,1-2,7-10,12-13H2/b17-11+,22-18+. The normalized spacial score (nSPS) is 16.4. The van der Waals surface area contributed by atoms with Gasteiger partial charge in [0.2, 0.25) is 0 Å². The van der Waals surface area contributed by atoms with Crippen LogP contribution in [0.25, 0.3) is 12.8 Å². The zero-order chi connectivity index (χ0) is 17.6. The van der Waals surface area contributed by atoms with Crippen molar-refractivity contribution in [1.29, 1.82) is 0 Å². The summed E-state index contributed by atoms with van der Waals surface area (Å²) in [5.74, 6) is 0. The third kappa shape index (κ3) is 3.93. The van der Waals surface area contributed by atoms with E-state index in [9.17, 15) is 0 Å². The highest BCUT2D eigenvalue weighted by Gasteiger charge is 2.10. The molecule has 3 rings (SSSR count). The molecule has 0 amide bonds. The summed E-state index contributed by atoms with van der Waals surface area (Å²) < 4.78 is 2.00. The number of anilines is 1. The first-order chi connectivity index (χ1) is 12.2. The van der Waals surface area contributed by atoms with Crippen molar-refractivity contribution in [2.24, 2.45) is 9.98 Å². The van der Waals surface area contributed by atoms with Crippen LogP contribution in [0.15, 0.2) is 34.3 Å². The molecule has 0 atom stereocenters. The summed E-state index contributed by atoms with van der Waals surface area (Å²) >= 11 is 0. The Labute approximate surface area is 148 Å². The van der Waals surface area contributed by atoms with Gasteiger partial charge in [0.05, 0.1) is 20.6 Å². The topological polar surface area (TPSA) is 60.7 Å². The summed E-state index contributed by atoms with van der Waals surface area (Å²) in [4.78, 5) is 13.8. The number of H-pyrrole nitrogens is 1. The van der Waals surface area contributed by atoms with Crippen LogP contribution in [0.3, 0.4) is 0 Å². The fourth-order valence-electron chi connectivity index (χ4n) is 3.08. The number of hydrogen-bond donors (Lipinski definition) is 2. The summed E-state index contributed by atoms with van der Waals surface area (Å²) in [7, 11) is 5.61. The largest absolute Gasteiger partial charge is 0.369 e. The maximum absolute atomic E-state index is 5.61. The number of aliphatic imine (C=N–C) groups is 1. The molecule has 0 spiro atoms. The van der Waals surface area contributed by atoms with E-state index in [0.717, 1.165) is 42.5 Å². The Hall–Kier alpha value is -2.54. The number of rotatable bonds is 5. The van der Waals surface area contributed by atoms with E-state index < -0.39 is 0 Å². The second-order valence-electron chi connectivity index (χ2n) is 5.95. The first-order valence-corrected chi connectivity index (χ1v) is 8.42. The fourth-order valence-corrected chi connectivity index (χ4v) is 3.08. The molecule has 0 aliphatic carbocycles. The van der Waals surface area contributed by atoms with E-state index >= 15 is 0 Å². The highest BCUT2D eigenvalue weighted by Crippen LogP contribution is 2.15. The van der Waals surface area contributed by atoms with Gasteiger partial charge in [-0.1, -0.05) is 18.7 Å². The number of nitrogens with one attached hydrogen (secondary N) is 2. The molecular formula is C18H23BN6. The Morgan fingerprint density at radius 1 is 1.20 bits per heavy atom. The summed E-state index contributed by atoms with van der Waals surface area (Å²) in [5, 5.41) is 4.14. The number of piperazine rings is 1. The molecule has 0 saturated carbocycles. The van der Waals surface area contributed by atoms with Crippen molar-refractivity contribution in [3.63, 3.8) is 0 Å². The first kappa shape index (κ1) is 17.3. The molecule has 1 aromatic carbocycles. The number of hydrogen-bond acceptors (Lipinski definition) is 4. The second-order valence-corrected chi connectivity index (χ2v) is 5.95. The molecule has 1 aromatic heterocycles. The molecule has 2 aromatic rings. The van der Waals surface area contributed by atoms with Crippen molar-refractivity contribution in [2.75, 3.05) is 37.5 Å². The molecule has 2 heterocycles. The minimum Gasteiger partial charge on any atom is -0.369 e. The van der Waals surface area contributed by atoms with E-state index in [1.807, 2.05) is 4.57 Å². The Balaban J connectivity index is 1.88. The molecule has 2 N–H and O–H groups in total. The molecule has 7 heteroatoms. The summed E-state index contributed by atoms with van der Waals surface area (Å²) in [6.45, 7) is 12.4. The molecule has 1 aliphatic heterocycles. The number of aromatic nitrogens is 2. The molecule has 0 bridgehead atoms. The van der Waals surface area contributed by atoms with Crippen LogP contribution < -0.4 is 26.5 Å². The van der Waals surface area contributed by atoms with E-state index in [1.165, 1.54) is 11.3 Å². The van der Waals surface area contributed by atoms with Gasteiger partial charge in [-0.2, -0.15) is 0 Å². The van der Waals surface area contributed by atoms with Crippen molar-refractivity contribution < 1.29 is 0 Å². The van der Waals surface area contributed by atoms with Crippen molar-refractivity contribution >= 4 is 33.0 Å². The Kier molecular flexibility index (Phi) is 5.55. The lowest BCUT2D eigenvalue weighted by molar-refractivity contribution is 0.589. The molecule has 25 heavy (non-hydrogen) atoms. The van der Waals surface area contributed by atoms with Crippen LogP contribution in [0.5, 0.6) is 0 Å². The van der Waals surface area contributed by atoms with Gasteiger partial charge in [0.1, 0.15) is 10.8 Å². The van der Waals surface area contributed by atoms with Crippen LogP contribution in [0, 0.1) is 0 Å². The van der Waals surface area contributed by atoms with Crippen LogP contribution >= 0.6 is 0 Å². The van der Waals surface area contributed by atoms with Gasteiger partial charge in [0.25, 0.3) is 0 Å². The van der Waals surface area contributed by atoms with Crippen LogP contribution in [-0.2, 0) is 6.54 Å². The van der Waals surface area contributed by atoms with E-state index in [4.69, 9.17) is 7.85 Å². The van der Waals surface area contributed by atoms with Gasteiger partial charge in [-0.15, -0.1) is 0 Å². The zero-order valence-corrected chi connectivity index (χ0v) is 14.4. The van der Waals surface area contributed by atoms with Gasteiger partial charge in [0, 0.05) is 38.3 Å². The van der Waals surface area contributed by atoms with Crippen LogP contribution in [-0.4, -0.2) is 56.7 Å². The van der Waals surface area contributed by atoms with E-state index in [2.05, 4.69) is 62.7 Å². The lowest BCUT2D eigenvalue weighted by atomic mass is 10.2. The van der Waals surface area contributed by atoms with Gasteiger partial charge in [0.15, 0.2) is 5.49 Å². The minimum absolute atomic E-state index is 0.206. The van der Waals surface area contributed by atoms with Gasteiger partial charge in [-0.3, -0.25) is 9.98 Å². The van der Waals surface area contributed by atoms with Crippen LogP contribution in [0.4, 0.5) is 5.69 Å². The third-order valence-corrected chi connectivity index (χ3v) is 4.32. The van der Waals surface area contributed by atoms with Crippen LogP contribution in [0.1, 0.15) is 5.56 Å². The summed E-state index contributed by atoms with van der Waals surface area (Å²) in [5.41, 5.74) is 3.94.